The molecular formula is C11H15N3O. The Labute approximate surface area is 89.5 Å². The van der Waals surface area contributed by atoms with Crippen molar-refractivity contribution in [3.05, 3.63) is 17.3 Å². The summed E-state index contributed by atoms with van der Waals surface area (Å²) in [5, 5.41) is 6.52. The van der Waals surface area contributed by atoms with Gasteiger partial charge < -0.3 is 10.5 Å². The molecule has 0 aromatic carbocycles. The van der Waals surface area contributed by atoms with E-state index in [-0.39, 0.29) is 6.61 Å². The maximum atomic E-state index is 5.72. The Bertz CT molecular complexity index is 398. The van der Waals surface area contributed by atoms with Crippen LogP contribution in [-0.2, 0) is 4.74 Å². The van der Waals surface area contributed by atoms with Gasteiger partial charge in [-0.25, -0.2) is 0 Å². The van der Waals surface area contributed by atoms with E-state index in [1.165, 1.54) is 0 Å². The molecule has 1 rings (SSSR count). The van der Waals surface area contributed by atoms with Crippen molar-refractivity contribution >= 4 is 11.6 Å². The second-order valence-corrected chi connectivity index (χ2v) is 3.15. The average molecular weight is 205 g/mol. The quantitative estimate of drug-likeness (QED) is 0.581. The van der Waals surface area contributed by atoms with Crippen LogP contribution in [-0.4, -0.2) is 16.8 Å². The Morgan fingerprint density at radius 3 is 2.93 bits per heavy atom. The summed E-state index contributed by atoms with van der Waals surface area (Å²) in [6.45, 7) is 4.26. The summed E-state index contributed by atoms with van der Waals surface area (Å²) >= 11 is 0. The van der Waals surface area contributed by atoms with E-state index in [0.29, 0.717) is 5.82 Å². The third-order valence-corrected chi connectivity index (χ3v) is 2.13. The van der Waals surface area contributed by atoms with Crippen LogP contribution in [0.15, 0.2) is 11.8 Å². The predicted octanol–water partition coefficient (Wildman–Crippen LogP) is 1.78. The van der Waals surface area contributed by atoms with E-state index in [1.807, 2.05) is 13.8 Å². The van der Waals surface area contributed by atoms with Crippen molar-refractivity contribution in [2.75, 3.05) is 12.3 Å². The molecule has 0 saturated heterocycles. The molecule has 0 radical (unpaired) electrons. The van der Waals surface area contributed by atoms with Gasteiger partial charge in [0.25, 0.3) is 0 Å². The number of H-pyrrole nitrogens is 1. The molecule has 1 aromatic rings. The number of aromatic nitrogens is 2. The van der Waals surface area contributed by atoms with Crippen LogP contribution in [0.25, 0.3) is 5.76 Å². The largest absolute Gasteiger partial charge is 0.480 e. The Kier molecular flexibility index (Phi) is 3.81. The number of hydrogen-bond acceptors (Lipinski definition) is 3. The smallest absolute Gasteiger partial charge is 0.148 e. The van der Waals surface area contributed by atoms with Crippen LogP contribution in [0.2, 0.25) is 0 Å². The zero-order valence-corrected chi connectivity index (χ0v) is 9.00. The first-order chi connectivity index (χ1) is 7.20. The molecule has 0 fully saturated rings. The number of hydrogen-bond donors (Lipinski definition) is 2. The summed E-state index contributed by atoms with van der Waals surface area (Å²) in [7, 11) is 0. The van der Waals surface area contributed by atoms with Crippen molar-refractivity contribution in [3.8, 4) is 12.3 Å². The number of allylic oxidation sites excluding steroid dienone is 1. The maximum absolute atomic E-state index is 5.72. The lowest BCUT2D eigenvalue weighted by Gasteiger charge is -2.10. The molecule has 0 saturated carbocycles. The number of nitrogens with zero attached hydrogens (tertiary/aromatic N) is 1. The fourth-order valence-electron chi connectivity index (χ4n) is 1.18. The molecule has 0 aliphatic heterocycles. The Hall–Kier alpha value is -1.89. The maximum Gasteiger partial charge on any atom is 0.148 e. The highest BCUT2D eigenvalue weighted by Crippen LogP contribution is 2.24. The van der Waals surface area contributed by atoms with Gasteiger partial charge >= 0.3 is 0 Å². The fourth-order valence-corrected chi connectivity index (χ4v) is 1.18. The number of anilines is 1. The summed E-state index contributed by atoms with van der Waals surface area (Å²) in [6.07, 6.45) is 7.68. The SMILES string of the molecule is C#CCOC(=C(C)CC)c1cn[nH]c1N. The van der Waals surface area contributed by atoms with Crippen LogP contribution in [0.1, 0.15) is 25.8 Å². The van der Waals surface area contributed by atoms with Crippen LogP contribution < -0.4 is 5.73 Å². The molecule has 0 amide bonds. The summed E-state index contributed by atoms with van der Waals surface area (Å²) in [6, 6.07) is 0. The number of nitrogen functional groups attached to an aromatic ring is 1. The highest BCUT2D eigenvalue weighted by molar-refractivity contribution is 5.70. The van der Waals surface area contributed by atoms with Crippen LogP contribution in [0.5, 0.6) is 0 Å². The minimum atomic E-state index is 0.233. The van der Waals surface area contributed by atoms with E-state index >= 15 is 0 Å². The minimum Gasteiger partial charge on any atom is -0.480 e. The molecule has 4 heteroatoms. The molecular weight excluding hydrogens is 190 g/mol. The number of terminal acetylenes is 1. The van der Waals surface area contributed by atoms with Crippen LogP contribution in [0, 0.1) is 12.3 Å². The zero-order chi connectivity index (χ0) is 11.3. The van der Waals surface area contributed by atoms with Crippen molar-refractivity contribution in [2.45, 2.75) is 20.3 Å². The Morgan fingerprint density at radius 1 is 1.73 bits per heavy atom. The van der Waals surface area contributed by atoms with E-state index in [9.17, 15) is 0 Å². The third-order valence-electron chi connectivity index (χ3n) is 2.13. The standard InChI is InChI=1S/C11H15N3O/c1-4-6-15-10(8(3)5-2)9-7-13-14-11(9)12/h1,7H,5-6H2,2-3H3,(H3,12,13,14). The van der Waals surface area contributed by atoms with Gasteiger partial charge in [0.1, 0.15) is 18.2 Å². The molecule has 4 nitrogen and oxygen atoms in total. The van der Waals surface area contributed by atoms with Gasteiger partial charge in [-0.2, -0.15) is 5.10 Å². The van der Waals surface area contributed by atoms with Gasteiger partial charge in [-0.1, -0.05) is 12.8 Å². The van der Waals surface area contributed by atoms with Gasteiger partial charge in [-0.05, 0) is 18.9 Å². The van der Waals surface area contributed by atoms with Gasteiger partial charge in [0.2, 0.25) is 0 Å². The molecule has 1 heterocycles. The number of nitrogens with one attached hydrogen (secondary N) is 1. The molecule has 0 aliphatic carbocycles. The molecule has 1 aromatic heterocycles. The topological polar surface area (TPSA) is 63.9 Å². The second-order valence-electron chi connectivity index (χ2n) is 3.15. The average Bonchev–Trinajstić information content (AvgIpc) is 2.65. The van der Waals surface area contributed by atoms with Crippen molar-refractivity contribution in [1.29, 1.82) is 0 Å². The van der Waals surface area contributed by atoms with Crippen molar-refractivity contribution < 1.29 is 4.74 Å². The summed E-state index contributed by atoms with van der Waals surface area (Å²) in [4.78, 5) is 0. The minimum absolute atomic E-state index is 0.233. The van der Waals surface area contributed by atoms with Crippen LogP contribution >= 0.6 is 0 Å². The van der Waals surface area contributed by atoms with Crippen molar-refractivity contribution in [2.24, 2.45) is 0 Å². The molecule has 0 atom stereocenters. The van der Waals surface area contributed by atoms with Gasteiger partial charge in [0.05, 0.1) is 11.8 Å². The summed E-state index contributed by atoms with van der Waals surface area (Å²) < 4.78 is 5.47. The van der Waals surface area contributed by atoms with Crippen molar-refractivity contribution in [1.82, 2.24) is 10.2 Å². The van der Waals surface area contributed by atoms with Gasteiger partial charge in [-0.15, -0.1) is 6.42 Å². The summed E-state index contributed by atoms with van der Waals surface area (Å²) in [5.41, 5.74) is 7.59. The van der Waals surface area contributed by atoms with Gasteiger partial charge in [0, 0.05) is 0 Å². The lowest BCUT2D eigenvalue weighted by molar-refractivity contribution is 0.323. The monoisotopic (exact) mass is 205 g/mol. The van der Waals surface area contributed by atoms with Crippen LogP contribution in [0.3, 0.4) is 0 Å². The highest BCUT2D eigenvalue weighted by Gasteiger charge is 2.11. The van der Waals surface area contributed by atoms with Gasteiger partial charge in [-0.3, -0.25) is 5.10 Å². The third kappa shape index (κ3) is 2.53. The number of rotatable bonds is 4. The van der Waals surface area contributed by atoms with Crippen LogP contribution in [0.4, 0.5) is 5.82 Å². The zero-order valence-electron chi connectivity index (χ0n) is 9.00. The number of ether oxygens (including phenoxy) is 1. The molecule has 0 unspecified atom stereocenters. The normalized spacial score (nSPS) is 11.8. The number of aromatic amines is 1. The number of nitrogens with two attached hydrogens (primary N) is 1. The molecule has 15 heavy (non-hydrogen) atoms. The van der Waals surface area contributed by atoms with E-state index in [2.05, 4.69) is 16.1 Å². The molecule has 0 bridgehead atoms. The highest BCUT2D eigenvalue weighted by atomic mass is 16.5. The summed E-state index contributed by atoms with van der Waals surface area (Å²) in [5.74, 6) is 3.65. The molecule has 80 valence electrons. The first-order valence-corrected chi connectivity index (χ1v) is 4.75. The first kappa shape index (κ1) is 11.2. The van der Waals surface area contributed by atoms with E-state index in [4.69, 9.17) is 16.9 Å². The Morgan fingerprint density at radius 2 is 2.47 bits per heavy atom. The van der Waals surface area contributed by atoms with Gasteiger partial charge in [0.15, 0.2) is 0 Å². The van der Waals surface area contributed by atoms with E-state index < -0.39 is 0 Å². The lowest BCUT2D eigenvalue weighted by atomic mass is 10.1. The lowest BCUT2D eigenvalue weighted by Crippen LogP contribution is -1.98. The van der Waals surface area contributed by atoms with E-state index in [1.54, 1.807) is 6.20 Å². The predicted molar refractivity (Wildman–Crippen MR) is 60.7 cm³/mol. The van der Waals surface area contributed by atoms with Crippen molar-refractivity contribution in [3.63, 3.8) is 0 Å². The fraction of sp³-hybridized carbons (Fsp3) is 0.364. The molecule has 3 N–H and O–H groups in total. The Balaban J connectivity index is 3.03. The molecule has 0 aliphatic rings. The molecule has 0 spiro atoms. The van der Waals surface area contributed by atoms with E-state index in [0.717, 1.165) is 23.3 Å². The first-order valence-electron chi connectivity index (χ1n) is 4.75. The second kappa shape index (κ2) is 5.11.